The van der Waals surface area contributed by atoms with Crippen LogP contribution in [0.2, 0.25) is 0 Å². The van der Waals surface area contributed by atoms with E-state index in [1.807, 2.05) is 42.6 Å². The Kier molecular flexibility index (Phi) is 6.94. The highest BCUT2D eigenvalue weighted by Crippen LogP contribution is 2.10. The third-order valence-corrected chi connectivity index (χ3v) is 4.27. The third kappa shape index (κ3) is 5.94. The Balaban J connectivity index is 1.99. The normalized spacial score (nSPS) is 11.5. The molecule has 1 amide bonds. The van der Waals surface area contributed by atoms with Gasteiger partial charge in [0.2, 0.25) is 5.91 Å². The monoisotopic (exact) mass is 329 g/mol. The van der Waals surface area contributed by atoms with Gasteiger partial charge in [0, 0.05) is 5.38 Å². The lowest BCUT2D eigenvalue weighted by atomic mass is 10.0. The zero-order chi connectivity index (χ0) is 16.5. The maximum Gasteiger partial charge on any atom is 0.246 e. The van der Waals surface area contributed by atoms with Crippen molar-refractivity contribution in [2.75, 3.05) is 0 Å². The number of aromatic nitrogens is 1. The lowest BCUT2D eigenvalue weighted by Crippen LogP contribution is -2.22. The van der Waals surface area contributed by atoms with E-state index < -0.39 is 0 Å². The van der Waals surface area contributed by atoms with Crippen LogP contribution in [-0.4, -0.2) is 16.6 Å². The largest absolute Gasteiger partial charge is 0.273 e. The Morgan fingerprint density at radius 1 is 1.26 bits per heavy atom. The van der Waals surface area contributed by atoms with Crippen molar-refractivity contribution in [1.82, 2.24) is 10.4 Å². The first-order valence-electron chi connectivity index (χ1n) is 8.01. The standard InChI is InChI=1S/C18H23N3OS/c1-3-4-6-11-17(15-9-7-5-8-10-15)20-21-18(22)12-16-13-23-14(2)19-16/h5,7-10,13H,3-4,6,11-12H2,1-2H3,(H,21,22)/b20-17-. The number of aryl methyl sites for hydroxylation is 1. The number of hydrazone groups is 1. The van der Waals surface area contributed by atoms with Gasteiger partial charge < -0.3 is 0 Å². The van der Waals surface area contributed by atoms with Gasteiger partial charge in [-0.3, -0.25) is 4.79 Å². The lowest BCUT2D eigenvalue weighted by molar-refractivity contribution is -0.120. The number of hydrogen-bond acceptors (Lipinski definition) is 4. The molecule has 0 aliphatic carbocycles. The minimum absolute atomic E-state index is 0.126. The number of carbonyl (C=O) groups excluding carboxylic acids is 1. The highest BCUT2D eigenvalue weighted by molar-refractivity contribution is 7.09. The summed E-state index contributed by atoms with van der Waals surface area (Å²) in [7, 11) is 0. The molecule has 4 nitrogen and oxygen atoms in total. The lowest BCUT2D eigenvalue weighted by Gasteiger charge is -2.07. The summed E-state index contributed by atoms with van der Waals surface area (Å²) in [4.78, 5) is 16.3. The smallest absolute Gasteiger partial charge is 0.246 e. The number of unbranched alkanes of at least 4 members (excludes halogenated alkanes) is 2. The number of amides is 1. The van der Waals surface area contributed by atoms with Crippen LogP contribution in [0.15, 0.2) is 40.8 Å². The van der Waals surface area contributed by atoms with Gasteiger partial charge in [-0.2, -0.15) is 5.10 Å². The summed E-state index contributed by atoms with van der Waals surface area (Å²) in [5, 5.41) is 7.25. The van der Waals surface area contributed by atoms with Crippen molar-refractivity contribution in [3.63, 3.8) is 0 Å². The van der Waals surface area contributed by atoms with Gasteiger partial charge in [0.05, 0.1) is 22.8 Å². The fourth-order valence-electron chi connectivity index (χ4n) is 2.26. The summed E-state index contributed by atoms with van der Waals surface area (Å²) >= 11 is 1.55. The number of thiazole rings is 1. The molecule has 23 heavy (non-hydrogen) atoms. The average molecular weight is 329 g/mol. The summed E-state index contributed by atoms with van der Waals surface area (Å²) in [5.74, 6) is -0.126. The predicted octanol–water partition coefficient (Wildman–Crippen LogP) is 4.09. The van der Waals surface area contributed by atoms with Crippen molar-refractivity contribution < 1.29 is 4.79 Å². The molecule has 0 aliphatic heterocycles. The molecule has 5 heteroatoms. The highest BCUT2D eigenvalue weighted by atomic mass is 32.1. The van der Waals surface area contributed by atoms with Crippen LogP contribution in [0.1, 0.15) is 48.9 Å². The number of carbonyl (C=O) groups is 1. The maximum atomic E-state index is 12.0. The van der Waals surface area contributed by atoms with Gasteiger partial charge in [0.1, 0.15) is 0 Å². The van der Waals surface area contributed by atoms with Crippen molar-refractivity contribution >= 4 is 23.0 Å². The fourth-order valence-corrected chi connectivity index (χ4v) is 2.87. The topological polar surface area (TPSA) is 54.4 Å². The van der Waals surface area contributed by atoms with E-state index in [1.165, 1.54) is 0 Å². The van der Waals surface area contributed by atoms with Gasteiger partial charge in [0.25, 0.3) is 0 Å². The second kappa shape index (κ2) is 9.20. The van der Waals surface area contributed by atoms with Crippen molar-refractivity contribution in [2.24, 2.45) is 5.10 Å². The molecule has 1 N–H and O–H groups in total. The Hall–Kier alpha value is -2.01. The van der Waals surface area contributed by atoms with Gasteiger partial charge >= 0.3 is 0 Å². The van der Waals surface area contributed by atoms with Crippen LogP contribution in [0.3, 0.4) is 0 Å². The molecule has 0 radical (unpaired) electrons. The molecule has 2 aromatic rings. The maximum absolute atomic E-state index is 12.0. The number of nitrogens with one attached hydrogen (secondary N) is 1. The Bertz CT molecular complexity index is 649. The first-order valence-corrected chi connectivity index (χ1v) is 8.89. The van der Waals surface area contributed by atoms with Gasteiger partial charge in [0.15, 0.2) is 0 Å². The molecule has 1 aromatic carbocycles. The second-order valence-corrected chi connectivity index (χ2v) is 6.51. The van der Waals surface area contributed by atoms with E-state index in [0.29, 0.717) is 0 Å². The molecule has 1 heterocycles. The summed E-state index contributed by atoms with van der Waals surface area (Å²) in [5.41, 5.74) is 5.47. The highest BCUT2D eigenvalue weighted by Gasteiger charge is 2.08. The van der Waals surface area contributed by atoms with E-state index >= 15 is 0 Å². The zero-order valence-corrected chi connectivity index (χ0v) is 14.5. The third-order valence-electron chi connectivity index (χ3n) is 3.45. The number of hydrogen-bond donors (Lipinski definition) is 1. The first-order chi connectivity index (χ1) is 11.2. The van der Waals surface area contributed by atoms with E-state index in [0.717, 1.165) is 47.7 Å². The van der Waals surface area contributed by atoms with Crippen LogP contribution in [0.4, 0.5) is 0 Å². The van der Waals surface area contributed by atoms with Crippen LogP contribution in [0.25, 0.3) is 0 Å². The molecule has 0 saturated carbocycles. The van der Waals surface area contributed by atoms with Gasteiger partial charge in [-0.25, -0.2) is 10.4 Å². The van der Waals surface area contributed by atoms with Gasteiger partial charge in [-0.05, 0) is 25.3 Å². The number of benzene rings is 1. The number of nitrogens with zero attached hydrogens (tertiary/aromatic N) is 2. The van der Waals surface area contributed by atoms with Gasteiger partial charge in [-0.1, -0.05) is 50.1 Å². The van der Waals surface area contributed by atoms with E-state index in [9.17, 15) is 4.79 Å². The van der Waals surface area contributed by atoms with Crippen LogP contribution in [0.5, 0.6) is 0 Å². The second-order valence-electron chi connectivity index (χ2n) is 5.45. The van der Waals surface area contributed by atoms with Crippen LogP contribution in [0, 0.1) is 6.92 Å². The van der Waals surface area contributed by atoms with E-state index in [2.05, 4.69) is 22.4 Å². The van der Waals surface area contributed by atoms with Crippen LogP contribution >= 0.6 is 11.3 Å². The average Bonchev–Trinajstić information content (AvgIpc) is 2.96. The quantitative estimate of drug-likeness (QED) is 0.450. The van der Waals surface area contributed by atoms with Crippen molar-refractivity contribution in [3.8, 4) is 0 Å². The van der Waals surface area contributed by atoms with E-state index in [1.54, 1.807) is 11.3 Å². The summed E-state index contributed by atoms with van der Waals surface area (Å²) in [6.07, 6.45) is 4.54. The molecule has 0 spiro atoms. The Labute approximate surface area is 141 Å². The van der Waals surface area contributed by atoms with Crippen molar-refractivity contribution in [1.29, 1.82) is 0 Å². The van der Waals surface area contributed by atoms with Gasteiger partial charge in [-0.15, -0.1) is 11.3 Å². The summed E-state index contributed by atoms with van der Waals surface area (Å²) < 4.78 is 0. The predicted molar refractivity (Wildman–Crippen MR) is 95.8 cm³/mol. The summed E-state index contributed by atoms with van der Waals surface area (Å²) in [6, 6.07) is 10.0. The van der Waals surface area contributed by atoms with Crippen LogP contribution < -0.4 is 5.43 Å². The molecule has 0 fully saturated rings. The van der Waals surface area contributed by atoms with E-state index in [4.69, 9.17) is 0 Å². The van der Waals surface area contributed by atoms with E-state index in [-0.39, 0.29) is 12.3 Å². The molecule has 0 aliphatic rings. The minimum Gasteiger partial charge on any atom is -0.273 e. The zero-order valence-electron chi connectivity index (χ0n) is 13.7. The first kappa shape index (κ1) is 17.3. The minimum atomic E-state index is -0.126. The molecule has 1 aromatic heterocycles. The number of rotatable bonds is 8. The molecular formula is C18H23N3OS. The molecule has 0 saturated heterocycles. The molecule has 0 unspecified atom stereocenters. The summed E-state index contributed by atoms with van der Waals surface area (Å²) in [6.45, 7) is 4.11. The molecule has 0 atom stereocenters. The fraction of sp³-hybridized carbons (Fsp3) is 0.389. The van der Waals surface area contributed by atoms with Crippen molar-refractivity contribution in [2.45, 2.75) is 46.0 Å². The molecule has 2 rings (SSSR count). The van der Waals surface area contributed by atoms with Crippen molar-refractivity contribution in [3.05, 3.63) is 52.0 Å². The Morgan fingerprint density at radius 3 is 2.70 bits per heavy atom. The molecule has 122 valence electrons. The van der Waals surface area contributed by atoms with Crippen LogP contribution in [-0.2, 0) is 11.2 Å². The molecule has 0 bridgehead atoms. The Morgan fingerprint density at radius 2 is 2.04 bits per heavy atom. The molecular weight excluding hydrogens is 306 g/mol. The SMILES string of the molecule is CCCCC/C(=N/NC(=O)Cc1csc(C)n1)c1ccccc1.